The van der Waals surface area contributed by atoms with E-state index in [1.54, 1.807) is 14.2 Å². The standard InChI is InChI=1S/C18H24O3/c1-20-17-6-4-13(10-18(17)21-2)9-16(19)11-15-8-12-3-5-14(15)7-12/h4,6,10,12,14-15H,3,5,7-9,11H2,1-2H3. The number of carbonyl (C=O) groups excluding carboxylic acids is 1. The van der Waals surface area contributed by atoms with Gasteiger partial charge in [-0.1, -0.05) is 12.5 Å². The van der Waals surface area contributed by atoms with E-state index >= 15 is 0 Å². The summed E-state index contributed by atoms with van der Waals surface area (Å²) < 4.78 is 10.5. The van der Waals surface area contributed by atoms with Gasteiger partial charge >= 0.3 is 0 Å². The van der Waals surface area contributed by atoms with E-state index in [0.29, 0.717) is 29.6 Å². The van der Waals surface area contributed by atoms with E-state index in [4.69, 9.17) is 9.47 Å². The summed E-state index contributed by atoms with van der Waals surface area (Å²) >= 11 is 0. The van der Waals surface area contributed by atoms with Gasteiger partial charge in [-0.3, -0.25) is 4.79 Å². The fraction of sp³-hybridized carbons (Fsp3) is 0.611. The summed E-state index contributed by atoms with van der Waals surface area (Å²) in [6, 6.07) is 5.75. The van der Waals surface area contributed by atoms with Gasteiger partial charge in [0.05, 0.1) is 14.2 Å². The lowest BCUT2D eigenvalue weighted by atomic mass is 9.84. The Hall–Kier alpha value is -1.51. The van der Waals surface area contributed by atoms with Crippen LogP contribution in [0.25, 0.3) is 0 Å². The molecule has 2 aliphatic rings. The summed E-state index contributed by atoms with van der Waals surface area (Å²) in [5.41, 5.74) is 1.01. The topological polar surface area (TPSA) is 35.5 Å². The smallest absolute Gasteiger partial charge is 0.161 e. The maximum absolute atomic E-state index is 12.3. The molecule has 2 aliphatic carbocycles. The minimum Gasteiger partial charge on any atom is -0.493 e. The fourth-order valence-corrected chi connectivity index (χ4v) is 4.21. The van der Waals surface area contributed by atoms with Gasteiger partial charge in [-0.2, -0.15) is 0 Å². The highest BCUT2D eigenvalue weighted by molar-refractivity contribution is 5.81. The van der Waals surface area contributed by atoms with Crippen molar-refractivity contribution in [2.24, 2.45) is 17.8 Å². The van der Waals surface area contributed by atoms with E-state index in [1.807, 2.05) is 18.2 Å². The first kappa shape index (κ1) is 14.4. The Morgan fingerprint density at radius 3 is 2.57 bits per heavy atom. The largest absolute Gasteiger partial charge is 0.493 e. The Morgan fingerprint density at radius 2 is 1.95 bits per heavy atom. The molecule has 1 aromatic carbocycles. The molecule has 3 heteroatoms. The van der Waals surface area contributed by atoms with Gasteiger partial charge in [-0.05, 0) is 54.7 Å². The summed E-state index contributed by atoms with van der Waals surface area (Å²) in [6.45, 7) is 0. The zero-order chi connectivity index (χ0) is 14.8. The molecule has 3 rings (SSSR count). The van der Waals surface area contributed by atoms with E-state index in [0.717, 1.165) is 23.8 Å². The number of hydrogen-bond acceptors (Lipinski definition) is 3. The number of methoxy groups -OCH3 is 2. The molecule has 0 aliphatic heterocycles. The summed E-state index contributed by atoms with van der Waals surface area (Å²) in [6.07, 6.45) is 6.66. The normalized spacial score (nSPS) is 26.9. The first-order valence-corrected chi connectivity index (χ1v) is 7.92. The van der Waals surface area contributed by atoms with Gasteiger partial charge in [0.25, 0.3) is 0 Å². The highest BCUT2D eigenvalue weighted by atomic mass is 16.5. The Labute approximate surface area is 126 Å². The third-order valence-electron chi connectivity index (χ3n) is 5.22. The molecule has 2 bridgehead atoms. The van der Waals surface area contributed by atoms with Crippen molar-refractivity contribution in [3.63, 3.8) is 0 Å². The number of carbonyl (C=O) groups is 1. The predicted molar refractivity (Wildman–Crippen MR) is 81.8 cm³/mol. The molecule has 2 fully saturated rings. The Balaban J connectivity index is 1.59. The number of Topliss-reactive ketones (excluding diaryl/α,β-unsaturated/α-hetero) is 1. The second-order valence-electron chi connectivity index (χ2n) is 6.54. The molecule has 2 saturated carbocycles. The SMILES string of the molecule is COc1ccc(CC(=O)CC2CC3CCC2C3)cc1OC. The average molecular weight is 288 g/mol. The van der Waals surface area contributed by atoms with E-state index in [9.17, 15) is 4.79 Å². The van der Waals surface area contributed by atoms with Gasteiger partial charge in [-0.25, -0.2) is 0 Å². The summed E-state index contributed by atoms with van der Waals surface area (Å²) in [5.74, 6) is 4.15. The van der Waals surface area contributed by atoms with Crippen LogP contribution in [0.15, 0.2) is 18.2 Å². The van der Waals surface area contributed by atoms with Gasteiger partial charge in [0.15, 0.2) is 11.5 Å². The third-order valence-corrected chi connectivity index (χ3v) is 5.22. The van der Waals surface area contributed by atoms with Crippen molar-refractivity contribution in [3.8, 4) is 11.5 Å². The van der Waals surface area contributed by atoms with E-state index in [-0.39, 0.29) is 0 Å². The van der Waals surface area contributed by atoms with Crippen molar-refractivity contribution in [3.05, 3.63) is 23.8 Å². The maximum Gasteiger partial charge on any atom is 0.161 e. The van der Waals surface area contributed by atoms with Gasteiger partial charge in [0, 0.05) is 12.8 Å². The minimum absolute atomic E-state index is 0.361. The molecule has 0 amide bonds. The number of rotatable bonds is 6. The minimum atomic E-state index is 0.361. The van der Waals surface area contributed by atoms with Crippen LogP contribution in [0.3, 0.4) is 0 Å². The molecule has 0 radical (unpaired) electrons. The van der Waals surface area contributed by atoms with Crippen molar-refractivity contribution in [1.82, 2.24) is 0 Å². The molecule has 0 spiro atoms. The summed E-state index contributed by atoms with van der Waals surface area (Å²) in [7, 11) is 3.25. The van der Waals surface area contributed by atoms with Crippen LogP contribution in [0, 0.1) is 17.8 Å². The second kappa shape index (κ2) is 6.08. The average Bonchev–Trinajstić information content (AvgIpc) is 3.09. The molecule has 3 atom stereocenters. The van der Waals surface area contributed by atoms with Crippen molar-refractivity contribution in [1.29, 1.82) is 0 Å². The van der Waals surface area contributed by atoms with Crippen molar-refractivity contribution in [2.75, 3.05) is 14.2 Å². The Morgan fingerprint density at radius 1 is 1.14 bits per heavy atom. The zero-order valence-electron chi connectivity index (χ0n) is 12.9. The Bertz CT molecular complexity index is 523. The Kier molecular flexibility index (Phi) is 4.18. The maximum atomic E-state index is 12.3. The van der Waals surface area contributed by atoms with Crippen LogP contribution in [0.4, 0.5) is 0 Å². The van der Waals surface area contributed by atoms with Crippen molar-refractivity contribution in [2.45, 2.75) is 38.5 Å². The molecular formula is C18H24O3. The van der Waals surface area contributed by atoms with Crippen LogP contribution in [0.1, 0.15) is 37.7 Å². The van der Waals surface area contributed by atoms with Crippen LogP contribution >= 0.6 is 0 Å². The van der Waals surface area contributed by atoms with Gasteiger partial charge in [-0.15, -0.1) is 0 Å². The van der Waals surface area contributed by atoms with Crippen molar-refractivity contribution >= 4 is 5.78 Å². The first-order chi connectivity index (χ1) is 10.2. The monoisotopic (exact) mass is 288 g/mol. The highest BCUT2D eigenvalue weighted by Crippen LogP contribution is 2.49. The molecule has 0 saturated heterocycles. The molecule has 114 valence electrons. The number of benzene rings is 1. The summed E-state index contributed by atoms with van der Waals surface area (Å²) in [4.78, 5) is 12.3. The highest BCUT2D eigenvalue weighted by Gasteiger charge is 2.39. The van der Waals surface area contributed by atoms with Gasteiger partial charge in [0.2, 0.25) is 0 Å². The van der Waals surface area contributed by atoms with E-state index in [2.05, 4.69) is 0 Å². The van der Waals surface area contributed by atoms with E-state index < -0.39 is 0 Å². The fourth-order valence-electron chi connectivity index (χ4n) is 4.21. The number of hydrogen-bond donors (Lipinski definition) is 0. The first-order valence-electron chi connectivity index (χ1n) is 7.92. The zero-order valence-corrected chi connectivity index (χ0v) is 12.9. The van der Waals surface area contributed by atoms with Crippen LogP contribution in [0.5, 0.6) is 11.5 Å². The predicted octanol–water partition coefficient (Wildman–Crippen LogP) is 3.64. The van der Waals surface area contributed by atoms with Gasteiger partial charge < -0.3 is 9.47 Å². The number of ketones is 1. The molecule has 1 aromatic rings. The molecule has 3 unspecified atom stereocenters. The number of ether oxygens (including phenoxy) is 2. The number of fused-ring (bicyclic) bond motifs is 2. The molecule has 0 heterocycles. The molecule has 3 nitrogen and oxygen atoms in total. The second-order valence-corrected chi connectivity index (χ2v) is 6.54. The quantitative estimate of drug-likeness (QED) is 0.801. The van der Waals surface area contributed by atoms with Crippen LogP contribution in [0.2, 0.25) is 0 Å². The lowest BCUT2D eigenvalue weighted by Crippen LogP contribution is -2.16. The van der Waals surface area contributed by atoms with Crippen LogP contribution < -0.4 is 9.47 Å². The van der Waals surface area contributed by atoms with Gasteiger partial charge in [0.1, 0.15) is 5.78 Å². The molecule has 0 aromatic heterocycles. The van der Waals surface area contributed by atoms with Crippen LogP contribution in [-0.4, -0.2) is 20.0 Å². The molecule has 21 heavy (non-hydrogen) atoms. The lowest BCUT2D eigenvalue weighted by Gasteiger charge is -2.20. The third kappa shape index (κ3) is 3.07. The van der Waals surface area contributed by atoms with Crippen LogP contribution in [-0.2, 0) is 11.2 Å². The molecule has 0 N–H and O–H groups in total. The molecular weight excluding hydrogens is 264 g/mol. The van der Waals surface area contributed by atoms with E-state index in [1.165, 1.54) is 25.7 Å². The lowest BCUT2D eigenvalue weighted by molar-refractivity contribution is -0.119. The summed E-state index contributed by atoms with van der Waals surface area (Å²) in [5, 5.41) is 0. The van der Waals surface area contributed by atoms with Crippen molar-refractivity contribution < 1.29 is 14.3 Å².